The van der Waals surface area contributed by atoms with E-state index in [9.17, 15) is 14.4 Å². The third kappa shape index (κ3) is 4.06. The van der Waals surface area contributed by atoms with Gasteiger partial charge in [0, 0.05) is 37.3 Å². The van der Waals surface area contributed by atoms with E-state index in [1.54, 1.807) is 35.2 Å². The number of benzene rings is 1. The van der Waals surface area contributed by atoms with Crippen LogP contribution < -0.4 is 15.5 Å². The molecule has 0 radical (unpaired) electrons. The smallest absolute Gasteiger partial charge is 0.287 e. The minimum Gasteiger partial charge on any atom is -0.459 e. The lowest BCUT2D eigenvalue weighted by molar-refractivity contribution is -0.117. The molecule has 7 nitrogen and oxygen atoms in total. The standard InChI is InChI=1S/C18H19N3O4/c22-16-7-2-10-21(16)14-5-1-4-13(12-14)17(23)19-8-9-20-18(24)15-6-3-11-25-15/h1,3-6,11-12H,2,7-10H2,(H,19,23)(H,20,24). The molecule has 0 spiro atoms. The van der Waals surface area contributed by atoms with Crippen molar-refractivity contribution < 1.29 is 18.8 Å². The van der Waals surface area contributed by atoms with Gasteiger partial charge >= 0.3 is 0 Å². The molecular weight excluding hydrogens is 322 g/mol. The lowest BCUT2D eigenvalue weighted by Gasteiger charge is -2.16. The van der Waals surface area contributed by atoms with E-state index in [4.69, 9.17) is 4.42 Å². The van der Waals surface area contributed by atoms with Crippen molar-refractivity contribution in [2.75, 3.05) is 24.5 Å². The molecule has 1 aromatic carbocycles. The number of nitrogens with one attached hydrogen (secondary N) is 2. The zero-order valence-corrected chi connectivity index (χ0v) is 13.7. The molecule has 0 atom stereocenters. The number of anilines is 1. The Hall–Kier alpha value is -3.09. The van der Waals surface area contributed by atoms with Crippen LogP contribution in [0.4, 0.5) is 5.69 Å². The zero-order chi connectivity index (χ0) is 17.6. The molecule has 0 unspecified atom stereocenters. The van der Waals surface area contributed by atoms with Gasteiger partial charge in [0.25, 0.3) is 11.8 Å². The number of nitrogens with zero attached hydrogens (tertiary/aromatic N) is 1. The van der Waals surface area contributed by atoms with Crippen LogP contribution in [0.25, 0.3) is 0 Å². The summed E-state index contributed by atoms with van der Waals surface area (Å²) in [6, 6.07) is 10.2. The van der Waals surface area contributed by atoms with Crippen LogP contribution in [0.15, 0.2) is 47.1 Å². The van der Waals surface area contributed by atoms with Gasteiger partial charge in [0.1, 0.15) is 0 Å². The molecule has 25 heavy (non-hydrogen) atoms. The van der Waals surface area contributed by atoms with Crippen molar-refractivity contribution >= 4 is 23.4 Å². The predicted molar refractivity (Wildman–Crippen MR) is 91.4 cm³/mol. The second kappa shape index (κ2) is 7.65. The first-order valence-corrected chi connectivity index (χ1v) is 8.15. The van der Waals surface area contributed by atoms with Crippen LogP contribution in [-0.4, -0.2) is 37.4 Å². The van der Waals surface area contributed by atoms with Gasteiger partial charge in [-0.25, -0.2) is 0 Å². The molecule has 2 heterocycles. The lowest BCUT2D eigenvalue weighted by Crippen LogP contribution is -2.34. The maximum atomic E-state index is 12.2. The van der Waals surface area contributed by atoms with Crippen LogP contribution in [0.2, 0.25) is 0 Å². The van der Waals surface area contributed by atoms with Crippen molar-refractivity contribution in [1.82, 2.24) is 10.6 Å². The Morgan fingerprint density at radius 3 is 2.56 bits per heavy atom. The Balaban J connectivity index is 1.50. The average Bonchev–Trinajstić information content (AvgIpc) is 3.30. The summed E-state index contributed by atoms with van der Waals surface area (Å²) in [6.07, 6.45) is 2.81. The summed E-state index contributed by atoms with van der Waals surface area (Å²) in [4.78, 5) is 37.4. The number of carbonyl (C=O) groups is 3. The molecule has 3 amide bonds. The zero-order valence-electron chi connectivity index (χ0n) is 13.7. The minimum absolute atomic E-state index is 0.0817. The molecule has 2 N–H and O–H groups in total. The van der Waals surface area contributed by atoms with E-state index < -0.39 is 0 Å². The van der Waals surface area contributed by atoms with E-state index >= 15 is 0 Å². The van der Waals surface area contributed by atoms with Gasteiger partial charge in [0.05, 0.1) is 6.26 Å². The summed E-state index contributed by atoms with van der Waals surface area (Å²) in [5, 5.41) is 5.39. The van der Waals surface area contributed by atoms with Crippen LogP contribution in [0.5, 0.6) is 0 Å². The topological polar surface area (TPSA) is 91.7 Å². The van der Waals surface area contributed by atoms with Crippen LogP contribution in [0, 0.1) is 0 Å². The van der Waals surface area contributed by atoms with E-state index in [2.05, 4.69) is 10.6 Å². The monoisotopic (exact) mass is 341 g/mol. The van der Waals surface area contributed by atoms with Crippen molar-refractivity contribution in [2.45, 2.75) is 12.8 Å². The molecule has 130 valence electrons. The maximum Gasteiger partial charge on any atom is 0.287 e. The molecule has 1 aromatic heterocycles. The Kier molecular flexibility index (Phi) is 5.13. The summed E-state index contributed by atoms with van der Waals surface area (Å²) >= 11 is 0. The molecule has 3 rings (SSSR count). The molecule has 1 saturated heterocycles. The van der Waals surface area contributed by atoms with Crippen molar-refractivity contribution in [1.29, 1.82) is 0 Å². The van der Waals surface area contributed by atoms with E-state index in [-0.39, 0.29) is 36.6 Å². The largest absolute Gasteiger partial charge is 0.459 e. The van der Waals surface area contributed by atoms with Gasteiger partial charge in [-0.15, -0.1) is 0 Å². The fraction of sp³-hybridized carbons (Fsp3) is 0.278. The van der Waals surface area contributed by atoms with Gasteiger partial charge in [0.15, 0.2) is 5.76 Å². The number of rotatable bonds is 6. The number of furan rings is 1. The van der Waals surface area contributed by atoms with Gasteiger partial charge in [0.2, 0.25) is 5.91 Å². The summed E-state index contributed by atoms with van der Waals surface area (Å²) < 4.78 is 4.98. The van der Waals surface area contributed by atoms with Gasteiger partial charge in [-0.05, 0) is 36.8 Å². The van der Waals surface area contributed by atoms with Gasteiger partial charge in [-0.2, -0.15) is 0 Å². The minimum atomic E-state index is -0.325. The number of hydrogen-bond donors (Lipinski definition) is 2. The second-order valence-electron chi connectivity index (χ2n) is 5.69. The second-order valence-corrected chi connectivity index (χ2v) is 5.69. The lowest BCUT2D eigenvalue weighted by atomic mass is 10.1. The summed E-state index contributed by atoms with van der Waals surface area (Å²) in [7, 11) is 0. The van der Waals surface area contributed by atoms with Crippen LogP contribution in [-0.2, 0) is 4.79 Å². The molecule has 2 aromatic rings. The molecule has 1 aliphatic heterocycles. The Labute approximate surface area is 145 Å². The molecule has 1 fully saturated rings. The molecule has 0 aliphatic carbocycles. The molecule has 0 bridgehead atoms. The normalized spacial score (nSPS) is 13.8. The van der Waals surface area contributed by atoms with Gasteiger partial charge in [-0.3, -0.25) is 14.4 Å². The fourth-order valence-electron chi connectivity index (χ4n) is 2.69. The molecule has 0 saturated carbocycles. The first kappa shape index (κ1) is 16.8. The first-order valence-electron chi connectivity index (χ1n) is 8.15. The van der Waals surface area contributed by atoms with E-state index in [1.807, 2.05) is 6.07 Å². The van der Waals surface area contributed by atoms with Crippen molar-refractivity contribution in [2.24, 2.45) is 0 Å². The predicted octanol–water partition coefficient (Wildman–Crippen LogP) is 1.57. The van der Waals surface area contributed by atoms with E-state index in [0.717, 1.165) is 12.1 Å². The third-order valence-corrected chi connectivity index (χ3v) is 3.93. The van der Waals surface area contributed by atoms with Gasteiger partial charge < -0.3 is 20.0 Å². The average molecular weight is 341 g/mol. The first-order chi connectivity index (χ1) is 12.1. The summed E-state index contributed by atoms with van der Waals surface area (Å²) in [6.45, 7) is 1.26. The highest BCUT2D eigenvalue weighted by Gasteiger charge is 2.22. The summed E-state index contributed by atoms with van der Waals surface area (Å²) in [5.41, 5.74) is 1.22. The highest BCUT2D eigenvalue weighted by molar-refractivity contribution is 5.99. The van der Waals surface area contributed by atoms with E-state index in [0.29, 0.717) is 18.5 Å². The van der Waals surface area contributed by atoms with Crippen LogP contribution in [0.3, 0.4) is 0 Å². The molecular formula is C18H19N3O4. The Morgan fingerprint density at radius 2 is 1.88 bits per heavy atom. The molecule has 7 heteroatoms. The van der Waals surface area contributed by atoms with Crippen molar-refractivity contribution in [3.63, 3.8) is 0 Å². The van der Waals surface area contributed by atoms with Crippen LogP contribution >= 0.6 is 0 Å². The van der Waals surface area contributed by atoms with Gasteiger partial charge in [-0.1, -0.05) is 6.07 Å². The SMILES string of the molecule is O=C(NCCNC(=O)c1ccco1)c1cccc(N2CCCC2=O)c1. The number of amides is 3. The fourth-order valence-corrected chi connectivity index (χ4v) is 2.69. The van der Waals surface area contributed by atoms with E-state index in [1.165, 1.54) is 6.26 Å². The highest BCUT2D eigenvalue weighted by atomic mass is 16.3. The number of carbonyl (C=O) groups excluding carboxylic acids is 3. The summed E-state index contributed by atoms with van der Waals surface area (Å²) in [5.74, 6) is -0.262. The maximum absolute atomic E-state index is 12.2. The Morgan fingerprint density at radius 1 is 1.08 bits per heavy atom. The third-order valence-electron chi connectivity index (χ3n) is 3.93. The van der Waals surface area contributed by atoms with Crippen LogP contribution in [0.1, 0.15) is 33.8 Å². The van der Waals surface area contributed by atoms with Crippen molar-refractivity contribution in [3.05, 3.63) is 54.0 Å². The number of hydrogen-bond acceptors (Lipinski definition) is 4. The van der Waals surface area contributed by atoms with Crippen molar-refractivity contribution in [3.8, 4) is 0 Å². The quantitative estimate of drug-likeness (QED) is 0.780. The highest BCUT2D eigenvalue weighted by Crippen LogP contribution is 2.22. The Bertz CT molecular complexity index is 770. The molecule has 1 aliphatic rings.